The summed E-state index contributed by atoms with van der Waals surface area (Å²) < 4.78 is 16.6. The molecule has 2 aromatic rings. The number of carbonyl (C=O) groups excluding carboxylic acids is 1. The fraction of sp³-hybridized carbons (Fsp3) is 0.400. The van der Waals surface area contributed by atoms with Gasteiger partial charge in [0.25, 0.3) is 5.91 Å². The molecular formula is C15H20N2O4. The maximum atomic E-state index is 11.9. The highest BCUT2D eigenvalue weighted by atomic mass is 16.5. The summed E-state index contributed by atoms with van der Waals surface area (Å²) in [4.78, 5) is 11.9. The predicted molar refractivity (Wildman–Crippen MR) is 78.6 cm³/mol. The molecular weight excluding hydrogens is 272 g/mol. The van der Waals surface area contributed by atoms with Crippen LogP contribution >= 0.6 is 0 Å². The van der Waals surface area contributed by atoms with Crippen molar-refractivity contribution in [3.8, 4) is 0 Å². The Bertz CT molecular complexity index is 609. The number of ether oxygens (including phenoxy) is 2. The van der Waals surface area contributed by atoms with Crippen LogP contribution in [-0.2, 0) is 16.1 Å². The van der Waals surface area contributed by atoms with E-state index in [1.807, 2.05) is 32.0 Å². The number of fused-ring (bicyclic) bond motifs is 1. The summed E-state index contributed by atoms with van der Waals surface area (Å²) in [5, 5.41) is 0.719. The average Bonchev–Trinajstić information content (AvgIpc) is 2.88. The molecule has 1 aromatic carbocycles. The molecule has 1 aromatic heterocycles. The van der Waals surface area contributed by atoms with Crippen molar-refractivity contribution in [1.29, 1.82) is 0 Å². The number of hydrogen-bond acceptors (Lipinski definition) is 5. The number of hydrogen-bond donors (Lipinski definition) is 2. The molecule has 0 aliphatic heterocycles. The highest BCUT2D eigenvalue weighted by Crippen LogP contribution is 2.26. The zero-order chi connectivity index (χ0) is 15.2. The Morgan fingerprint density at radius 3 is 2.90 bits per heavy atom. The van der Waals surface area contributed by atoms with E-state index < -0.39 is 5.91 Å². The van der Waals surface area contributed by atoms with E-state index in [9.17, 15) is 4.79 Å². The number of hydrazine groups is 1. The molecule has 0 aliphatic rings. The van der Waals surface area contributed by atoms with E-state index in [0.29, 0.717) is 30.1 Å². The number of nitrogens with one attached hydrogen (secondary N) is 1. The average molecular weight is 292 g/mol. The number of benzene rings is 1. The van der Waals surface area contributed by atoms with Crippen LogP contribution in [0.25, 0.3) is 11.0 Å². The fourth-order valence-electron chi connectivity index (χ4n) is 2.07. The van der Waals surface area contributed by atoms with Gasteiger partial charge in [0.15, 0.2) is 0 Å². The number of nitrogens with two attached hydrogens (primary N) is 1. The summed E-state index contributed by atoms with van der Waals surface area (Å²) in [5.74, 6) is 5.31. The third-order valence-corrected chi connectivity index (χ3v) is 3.08. The molecule has 6 nitrogen and oxygen atoms in total. The van der Waals surface area contributed by atoms with E-state index in [-0.39, 0.29) is 12.7 Å². The number of para-hydroxylation sites is 1. The van der Waals surface area contributed by atoms with Crippen LogP contribution in [0.15, 0.2) is 28.7 Å². The van der Waals surface area contributed by atoms with Crippen molar-refractivity contribution in [1.82, 2.24) is 5.43 Å². The first kappa shape index (κ1) is 15.5. The molecule has 0 saturated carbocycles. The largest absolute Gasteiger partial charge is 0.458 e. The Hall–Kier alpha value is -1.89. The number of furan rings is 1. The Balaban J connectivity index is 2.20. The van der Waals surface area contributed by atoms with E-state index in [0.717, 1.165) is 5.39 Å². The lowest BCUT2D eigenvalue weighted by Gasteiger charge is -2.12. The second-order valence-corrected chi connectivity index (χ2v) is 4.65. The molecule has 2 rings (SSSR count). The van der Waals surface area contributed by atoms with Crippen LogP contribution in [0, 0.1) is 0 Å². The zero-order valence-electron chi connectivity index (χ0n) is 12.2. The van der Waals surface area contributed by atoms with Crippen LogP contribution in [0.2, 0.25) is 0 Å². The maximum Gasteiger partial charge on any atom is 0.269 e. The van der Waals surface area contributed by atoms with Crippen molar-refractivity contribution >= 4 is 16.9 Å². The molecule has 21 heavy (non-hydrogen) atoms. The van der Waals surface area contributed by atoms with Crippen molar-refractivity contribution in [2.75, 3.05) is 13.2 Å². The smallest absolute Gasteiger partial charge is 0.269 e. The second kappa shape index (κ2) is 7.21. The zero-order valence-corrected chi connectivity index (χ0v) is 12.2. The molecule has 0 radical (unpaired) electrons. The van der Waals surface area contributed by atoms with Gasteiger partial charge in [-0.1, -0.05) is 18.2 Å². The molecule has 0 bridgehead atoms. The van der Waals surface area contributed by atoms with E-state index >= 15 is 0 Å². The third kappa shape index (κ3) is 3.60. The Morgan fingerprint density at radius 1 is 1.43 bits per heavy atom. The molecule has 3 N–H and O–H groups in total. The molecule has 1 amide bonds. The SMILES string of the molecule is CCOCC(C)OCc1oc2ccccc2c1C(=O)NN. The molecule has 0 fully saturated rings. The maximum absolute atomic E-state index is 11.9. The highest BCUT2D eigenvalue weighted by Gasteiger charge is 2.20. The number of rotatable bonds is 7. The minimum absolute atomic E-state index is 0.0908. The minimum Gasteiger partial charge on any atom is -0.458 e. The van der Waals surface area contributed by atoms with E-state index in [1.165, 1.54) is 0 Å². The first-order chi connectivity index (χ1) is 10.2. The molecule has 6 heteroatoms. The Labute approximate surface area is 123 Å². The first-order valence-corrected chi connectivity index (χ1v) is 6.88. The summed E-state index contributed by atoms with van der Waals surface area (Å²) in [6, 6.07) is 7.30. The van der Waals surface area contributed by atoms with Gasteiger partial charge < -0.3 is 13.9 Å². The summed E-state index contributed by atoms with van der Waals surface area (Å²) >= 11 is 0. The van der Waals surface area contributed by atoms with E-state index in [1.54, 1.807) is 6.07 Å². The van der Waals surface area contributed by atoms with Crippen LogP contribution in [0.1, 0.15) is 30.0 Å². The van der Waals surface area contributed by atoms with Crippen LogP contribution in [0.5, 0.6) is 0 Å². The summed E-state index contributed by atoms with van der Waals surface area (Å²) in [6.07, 6.45) is -0.0908. The van der Waals surface area contributed by atoms with Gasteiger partial charge in [-0.3, -0.25) is 10.2 Å². The number of nitrogen functional groups attached to an aromatic ring is 1. The Morgan fingerprint density at radius 2 is 2.19 bits per heavy atom. The van der Waals surface area contributed by atoms with Gasteiger partial charge in [-0.25, -0.2) is 5.84 Å². The summed E-state index contributed by atoms with van der Waals surface area (Å²) in [7, 11) is 0. The van der Waals surface area contributed by atoms with Gasteiger partial charge in [-0.05, 0) is 19.9 Å². The number of amides is 1. The van der Waals surface area contributed by atoms with Crippen LogP contribution in [0.4, 0.5) is 0 Å². The van der Waals surface area contributed by atoms with Gasteiger partial charge in [-0.2, -0.15) is 0 Å². The lowest BCUT2D eigenvalue weighted by molar-refractivity contribution is -0.0169. The summed E-state index contributed by atoms with van der Waals surface area (Å²) in [5.41, 5.74) is 3.19. The lowest BCUT2D eigenvalue weighted by atomic mass is 10.1. The molecule has 1 unspecified atom stereocenters. The normalized spacial score (nSPS) is 12.5. The van der Waals surface area contributed by atoms with Crippen molar-refractivity contribution in [3.05, 3.63) is 35.6 Å². The number of carbonyl (C=O) groups is 1. The molecule has 0 spiro atoms. The highest BCUT2D eigenvalue weighted by molar-refractivity contribution is 6.06. The molecule has 1 heterocycles. The second-order valence-electron chi connectivity index (χ2n) is 4.65. The third-order valence-electron chi connectivity index (χ3n) is 3.08. The van der Waals surface area contributed by atoms with Gasteiger partial charge in [0.2, 0.25) is 0 Å². The molecule has 1 atom stereocenters. The van der Waals surface area contributed by atoms with Crippen LogP contribution < -0.4 is 11.3 Å². The molecule has 114 valence electrons. The van der Waals surface area contributed by atoms with Crippen molar-refractivity contribution in [3.63, 3.8) is 0 Å². The topological polar surface area (TPSA) is 86.7 Å². The van der Waals surface area contributed by atoms with E-state index in [4.69, 9.17) is 19.7 Å². The molecule has 0 saturated heterocycles. The van der Waals surface area contributed by atoms with Crippen LogP contribution in [-0.4, -0.2) is 25.2 Å². The standard InChI is InChI=1S/C15H20N2O4/c1-3-19-8-10(2)20-9-13-14(15(18)17-16)11-6-4-5-7-12(11)21-13/h4-7,10H,3,8-9,16H2,1-2H3,(H,17,18). The van der Waals surface area contributed by atoms with Crippen LogP contribution in [0.3, 0.4) is 0 Å². The van der Waals surface area contributed by atoms with Gasteiger partial charge in [0, 0.05) is 12.0 Å². The summed E-state index contributed by atoms with van der Waals surface area (Å²) in [6.45, 7) is 5.15. The fourth-order valence-corrected chi connectivity index (χ4v) is 2.07. The van der Waals surface area contributed by atoms with Gasteiger partial charge in [-0.15, -0.1) is 0 Å². The first-order valence-electron chi connectivity index (χ1n) is 6.88. The lowest BCUT2D eigenvalue weighted by Crippen LogP contribution is -2.30. The minimum atomic E-state index is -0.393. The van der Waals surface area contributed by atoms with Crippen molar-refractivity contribution in [2.24, 2.45) is 5.84 Å². The van der Waals surface area contributed by atoms with Gasteiger partial charge in [0.05, 0.1) is 18.3 Å². The monoisotopic (exact) mass is 292 g/mol. The predicted octanol–water partition coefficient (Wildman–Crippen LogP) is 1.98. The van der Waals surface area contributed by atoms with Gasteiger partial charge in [0.1, 0.15) is 18.0 Å². The van der Waals surface area contributed by atoms with E-state index in [2.05, 4.69) is 5.43 Å². The quantitative estimate of drug-likeness (QED) is 0.463. The molecule has 0 aliphatic carbocycles. The Kier molecular flexibility index (Phi) is 5.32. The van der Waals surface area contributed by atoms with Gasteiger partial charge >= 0.3 is 0 Å². The van der Waals surface area contributed by atoms with Crippen molar-refractivity contribution < 1.29 is 18.7 Å². The van der Waals surface area contributed by atoms with Crippen molar-refractivity contribution in [2.45, 2.75) is 26.6 Å².